The maximum absolute atomic E-state index is 14.2. The van der Waals surface area contributed by atoms with Gasteiger partial charge in [-0.1, -0.05) is 11.6 Å². The lowest BCUT2D eigenvalue weighted by molar-refractivity contribution is -0.137. The van der Waals surface area contributed by atoms with Crippen LogP contribution in [0.3, 0.4) is 0 Å². The highest BCUT2D eigenvalue weighted by atomic mass is 35.5. The number of aromatic hydroxyl groups is 1. The van der Waals surface area contributed by atoms with Crippen LogP contribution in [-0.2, 0) is 12.7 Å². The van der Waals surface area contributed by atoms with Crippen molar-refractivity contribution < 1.29 is 40.8 Å². The summed E-state index contributed by atoms with van der Waals surface area (Å²) in [5.41, 5.74) is -0.0438. The zero-order valence-corrected chi connectivity index (χ0v) is 18.6. The van der Waals surface area contributed by atoms with E-state index in [-0.39, 0.29) is 27.8 Å². The van der Waals surface area contributed by atoms with Crippen LogP contribution < -0.4 is 16.4 Å². The summed E-state index contributed by atoms with van der Waals surface area (Å²) in [6.45, 7) is -3.41. The highest BCUT2D eigenvalue weighted by molar-refractivity contribution is 6.31. The fourth-order valence-electron chi connectivity index (χ4n) is 4.27. The minimum Gasteiger partial charge on any atom is -0.507 e. The van der Waals surface area contributed by atoms with Gasteiger partial charge in [-0.05, 0) is 48.9 Å². The van der Waals surface area contributed by atoms with Crippen LogP contribution in [0.5, 0.6) is 5.75 Å². The van der Waals surface area contributed by atoms with Crippen molar-refractivity contribution in [2.75, 3.05) is 6.98 Å². The Hall–Kier alpha value is -3.70. The van der Waals surface area contributed by atoms with Crippen LogP contribution >= 0.6 is 11.6 Å². The van der Waals surface area contributed by atoms with E-state index in [9.17, 15) is 36.6 Å². The van der Waals surface area contributed by atoms with Crippen LogP contribution in [-0.4, -0.2) is 23.9 Å². The molecule has 0 aliphatic carbocycles. The number of alkyl halides is 3. The molecule has 0 saturated carbocycles. The Morgan fingerprint density at radius 2 is 1.92 bits per heavy atom. The van der Waals surface area contributed by atoms with Gasteiger partial charge in [0, 0.05) is 37.9 Å². The van der Waals surface area contributed by atoms with Crippen LogP contribution in [0, 0.1) is 11.6 Å². The third kappa shape index (κ3) is 4.24. The molecular weight excluding hydrogens is 509 g/mol. The fourth-order valence-corrected chi connectivity index (χ4v) is 4.50. The van der Waals surface area contributed by atoms with Crippen LogP contribution in [0.4, 0.5) is 22.0 Å². The van der Waals surface area contributed by atoms with Gasteiger partial charge in [-0.3, -0.25) is 9.59 Å². The summed E-state index contributed by atoms with van der Waals surface area (Å²) in [6.07, 6.45) is -5.24. The molecule has 4 rings (SSSR count). The number of amides is 2. The van der Waals surface area contributed by atoms with E-state index in [1.165, 1.54) is 0 Å². The molecule has 1 aliphatic heterocycles. The van der Waals surface area contributed by atoms with Crippen molar-refractivity contribution in [1.29, 1.82) is 0 Å². The number of fused-ring (bicyclic) bond motifs is 1. The number of phenolic OH excluding ortho intramolecular Hbond substituents is 1. The normalized spacial score (nSPS) is 16.7. The number of nitrogens with one attached hydrogen (secondary N) is 2. The molecule has 6 nitrogen and oxygen atoms in total. The van der Waals surface area contributed by atoms with Gasteiger partial charge in [-0.25, -0.2) is 8.78 Å². The second-order valence-electron chi connectivity index (χ2n) is 7.88. The molecule has 5 N–H and O–H groups in total. The summed E-state index contributed by atoms with van der Waals surface area (Å²) >= 11 is 6.21. The van der Waals surface area contributed by atoms with Gasteiger partial charge in [0.25, 0.3) is 5.91 Å². The standard InChI is InChI=1S/C24H17ClF5N3O3/c1-32-8-9-4-13(17-14(22(31)35)6-11(27)7-15(17)24(28,29)30)18-19(21(9)34)23(36)33-20(18)12-5-10(26)2-3-16(12)25/h2-7,20,32,34H,8H2,1H3,(H2,31,35)(H,33,36)/i1D3. The quantitative estimate of drug-likeness (QED) is 0.362. The molecule has 3 aromatic carbocycles. The van der Waals surface area contributed by atoms with Crippen molar-refractivity contribution in [3.8, 4) is 16.9 Å². The molecule has 1 atom stereocenters. The van der Waals surface area contributed by atoms with Crippen LogP contribution in [0.1, 0.15) is 53.1 Å². The van der Waals surface area contributed by atoms with Gasteiger partial charge < -0.3 is 21.5 Å². The molecule has 0 saturated heterocycles. The first-order chi connectivity index (χ1) is 18.0. The SMILES string of the molecule is [2H]C([2H])([2H])NCc1cc(-c2c(C(N)=O)cc(F)cc2C(F)(F)F)c2c(c1O)C(=O)NC2c1cc(F)ccc1Cl. The summed E-state index contributed by atoms with van der Waals surface area (Å²) in [7, 11) is 0. The molecule has 1 heterocycles. The number of primary amides is 1. The lowest BCUT2D eigenvalue weighted by Crippen LogP contribution is -2.21. The summed E-state index contributed by atoms with van der Waals surface area (Å²) in [4.78, 5) is 25.3. The first-order valence-corrected chi connectivity index (χ1v) is 10.5. The third-order valence-corrected chi connectivity index (χ3v) is 6.05. The molecule has 0 radical (unpaired) electrons. The summed E-state index contributed by atoms with van der Waals surface area (Å²) in [5.74, 6) is -5.48. The van der Waals surface area contributed by atoms with E-state index in [2.05, 4.69) is 10.6 Å². The highest BCUT2D eigenvalue weighted by Crippen LogP contribution is 2.49. The van der Waals surface area contributed by atoms with Gasteiger partial charge in [-0.2, -0.15) is 13.2 Å². The van der Waals surface area contributed by atoms with Crippen molar-refractivity contribution in [2.45, 2.75) is 18.8 Å². The summed E-state index contributed by atoms with van der Waals surface area (Å²) in [5, 5.41) is 15.3. The molecule has 12 heteroatoms. The zero-order valence-electron chi connectivity index (χ0n) is 20.9. The summed E-state index contributed by atoms with van der Waals surface area (Å²) in [6, 6.07) is 3.13. The van der Waals surface area contributed by atoms with E-state index in [4.69, 9.17) is 21.4 Å². The Balaban J connectivity index is 2.16. The average molecular weight is 529 g/mol. The third-order valence-electron chi connectivity index (χ3n) is 5.70. The average Bonchev–Trinajstić information content (AvgIpc) is 3.16. The molecule has 3 aromatic rings. The van der Waals surface area contributed by atoms with E-state index in [0.717, 1.165) is 24.3 Å². The van der Waals surface area contributed by atoms with Gasteiger partial charge in [0.15, 0.2) is 0 Å². The van der Waals surface area contributed by atoms with Gasteiger partial charge in [-0.15, -0.1) is 0 Å². The van der Waals surface area contributed by atoms with E-state index < -0.39 is 82.8 Å². The van der Waals surface area contributed by atoms with Crippen molar-refractivity contribution in [2.24, 2.45) is 5.73 Å². The Labute approximate surface area is 210 Å². The van der Waals surface area contributed by atoms with Crippen molar-refractivity contribution in [3.05, 3.63) is 86.4 Å². The number of benzene rings is 3. The zero-order chi connectivity index (χ0) is 29.0. The summed E-state index contributed by atoms with van der Waals surface area (Å²) < 4.78 is 93.0. The Kier molecular flexibility index (Phi) is 5.43. The van der Waals surface area contributed by atoms with E-state index in [1.54, 1.807) is 0 Å². The minimum atomic E-state index is -5.24. The maximum Gasteiger partial charge on any atom is 0.417 e. The molecule has 0 fully saturated rings. The second-order valence-corrected chi connectivity index (χ2v) is 8.29. The Morgan fingerprint density at radius 3 is 2.56 bits per heavy atom. The van der Waals surface area contributed by atoms with Crippen LogP contribution in [0.25, 0.3) is 11.1 Å². The van der Waals surface area contributed by atoms with E-state index in [1.807, 2.05) is 0 Å². The van der Waals surface area contributed by atoms with E-state index >= 15 is 0 Å². The predicted molar refractivity (Wildman–Crippen MR) is 121 cm³/mol. The monoisotopic (exact) mass is 528 g/mol. The largest absolute Gasteiger partial charge is 0.507 e. The van der Waals surface area contributed by atoms with Gasteiger partial charge in [0.1, 0.15) is 17.4 Å². The molecular formula is C24H17ClF5N3O3. The first kappa shape index (κ1) is 21.6. The maximum atomic E-state index is 14.2. The van der Waals surface area contributed by atoms with Gasteiger partial charge in [0.05, 0.1) is 22.7 Å². The molecule has 1 unspecified atom stereocenters. The van der Waals surface area contributed by atoms with Crippen molar-refractivity contribution in [3.63, 3.8) is 0 Å². The molecule has 188 valence electrons. The number of halogens is 6. The molecule has 1 aliphatic rings. The van der Waals surface area contributed by atoms with Crippen LogP contribution in [0.2, 0.25) is 5.02 Å². The lowest BCUT2D eigenvalue weighted by Gasteiger charge is -2.23. The molecule has 2 amide bonds. The second kappa shape index (κ2) is 9.07. The predicted octanol–water partition coefficient (Wildman–Crippen LogP) is 4.66. The van der Waals surface area contributed by atoms with Crippen molar-refractivity contribution in [1.82, 2.24) is 10.6 Å². The molecule has 0 aromatic heterocycles. The minimum absolute atomic E-state index is 0.0987. The highest BCUT2D eigenvalue weighted by Gasteiger charge is 2.42. The number of hydrogen-bond donors (Lipinski definition) is 4. The number of phenols is 1. The van der Waals surface area contributed by atoms with E-state index in [0.29, 0.717) is 6.07 Å². The number of carbonyl (C=O) groups is 2. The number of rotatable bonds is 5. The number of carbonyl (C=O) groups excluding carboxylic acids is 2. The molecule has 0 spiro atoms. The fraction of sp³-hybridized carbons (Fsp3) is 0.167. The van der Waals surface area contributed by atoms with Crippen molar-refractivity contribution >= 4 is 23.4 Å². The number of hydrogen-bond acceptors (Lipinski definition) is 4. The molecule has 0 bridgehead atoms. The topological polar surface area (TPSA) is 104 Å². The smallest absolute Gasteiger partial charge is 0.417 e. The van der Waals surface area contributed by atoms with Crippen LogP contribution in [0.15, 0.2) is 36.4 Å². The Bertz CT molecular complexity index is 1530. The number of nitrogens with two attached hydrogens (primary N) is 1. The molecule has 36 heavy (non-hydrogen) atoms. The first-order valence-electron chi connectivity index (χ1n) is 11.6. The van der Waals surface area contributed by atoms with Gasteiger partial charge >= 0.3 is 6.18 Å². The van der Waals surface area contributed by atoms with Gasteiger partial charge in [0.2, 0.25) is 5.91 Å². The Morgan fingerprint density at radius 1 is 1.19 bits per heavy atom. The lowest BCUT2D eigenvalue weighted by atomic mass is 9.83.